The smallest absolute Gasteiger partial charge is 0.225 e. The Morgan fingerprint density at radius 3 is 2.71 bits per heavy atom. The molecule has 2 aliphatic carbocycles. The van der Waals surface area contributed by atoms with Crippen molar-refractivity contribution in [3.63, 3.8) is 0 Å². The molecule has 0 radical (unpaired) electrons. The second-order valence-electron chi connectivity index (χ2n) is 8.63. The minimum Gasteiger partial charge on any atom is -0.474 e. The fraction of sp³-hybridized carbons (Fsp3) is 0.714. The first-order valence-corrected chi connectivity index (χ1v) is 11.3. The largest absolute Gasteiger partial charge is 0.474 e. The van der Waals surface area contributed by atoms with Crippen LogP contribution in [-0.2, 0) is 6.42 Å². The lowest BCUT2D eigenvalue weighted by molar-refractivity contribution is 0.0402. The highest BCUT2D eigenvalue weighted by Gasteiger charge is 2.37. The first-order valence-electron chi connectivity index (χ1n) is 10.5. The van der Waals surface area contributed by atoms with Gasteiger partial charge in [0, 0.05) is 10.4 Å². The molecule has 1 saturated carbocycles. The standard InChI is InChI=1S/C21H32N4O2S/c1-4-21(25(2)3)9-7-14(8-10-21)27-19-18-17-13(11-16(22)26)5-6-15(17)28-20(18)24-12-23-19/h12-14,16,26H,4-11,22H2,1-3H3/t13-,14-,16-,21-/m1/s1. The number of thiophene rings is 1. The maximum absolute atomic E-state index is 9.71. The molecule has 2 aromatic heterocycles. The van der Waals surface area contributed by atoms with Crippen LogP contribution in [0.25, 0.3) is 10.2 Å². The predicted molar refractivity (Wildman–Crippen MR) is 113 cm³/mol. The molecule has 0 unspecified atom stereocenters. The summed E-state index contributed by atoms with van der Waals surface area (Å²) in [5.74, 6) is 0.990. The number of ether oxygens (including phenoxy) is 1. The van der Waals surface area contributed by atoms with Gasteiger partial charge in [-0.15, -0.1) is 11.3 Å². The van der Waals surface area contributed by atoms with Crippen LogP contribution in [0, 0.1) is 0 Å². The molecule has 0 aliphatic heterocycles. The molecule has 28 heavy (non-hydrogen) atoms. The minimum absolute atomic E-state index is 0.202. The van der Waals surface area contributed by atoms with Gasteiger partial charge in [0.2, 0.25) is 5.88 Å². The molecule has 1 fully saturated rings. The Morgan fingerprint density at radius 1 is 1.32 bits per heavy atom. The van der Waals surface area contributed by atoms with E-state index < -0.39 is 6.23 Å². The second kappa shape index (κ2) is 7.86. The molecule has 0 aromatic carbocycles. The van der Waals surface area contributed by atoms with Crippen molar-refractivity contribution in [2.75, 3.05) is 14.1 Å². The average molecular weight is 405 g/mol. The molecule has 4 rings (SSSR count). The number of aliphatic hydroxyl groups is 1. The molecule has 2 aromatic rings. The highest BCUT2D eigenvalue weighted by atomic mass is 32.1. The lowest BCUT2D eigenvalue weighted by atomic mass is 9.77. The van der Waals surface area contributed by atoms with Gasteiger partial charge in [-0.25, -0.2) is 9.97 Å². The van der Waals surface area contributed by atoms with Crippen molar-refractivity contribution >= 4 is 21.6 Å². The summed E-state index contributed by atoms with van der Waals surface area (Å²) < 4.78 is 6.47. The van der Waals surface area contributed by atoms with E-state index in [0.717, 1.165) is 54.6 Å². The first-order chi connectivity index (χ1) is 13.4. The summed E-state index contributed by atoms with van der Waals surface area (Å²) in [4.78, 5) is 13.8. The Kier molecular flexibility index (Phi) is 5.62. The Bertz CT molecular complexity index is 827. The van der Waals surface area contributed by atoms with Crippen LogP contribution in [0.2, 0.25) is 0 Å². The summed E-state index contributed by atoms with van der Waals surface area (Å²) >= 11 is 1.74. The summed E-state index contributed by atoms with van der Waals surface area (Å²) in [6.45, 7) is 2.29. The lowest BCUT2D eigenvalue weighted by Gasteiger charge is -2.44. The molecule has 2 aliphatic rings. The number of aromatic nitrogens is 2. The summed E-state index contributed by atoms with van der Waals surface area (Å²) in [6, 6.07) is 0. The normalized spacial score (nSPS) is 28.6. The molecular formula is C21H32N4O2S. The number of rotatable bonds is 6. The van der Waals surface area contributed by atoms with Gasteiger partial charge in [-0.2, -0.15) is 0 Å². The molecule has 0 spiro atoms. The van der Waals surface area contributed by atoms with Gasteiger partial charge in [0.05, 0.1) is 5.39 Å². The molecule has 2 atom stereocenters. The number of aryl methyl sites for hydroxylation is 1. The van der Waals surface area contributed by atoms with Crippen molar-refractivity contribution in [1.82, 2.24) is 14.9 Å². The SMILES string of the molecule is CC[C@]1(N(C)C)CC[C@H](Oc2ncnc3sc4c(c23)[C@@H](C[C@H](N)O)CC4)CC1. The predicted octanol–water partition coefficient (Wildman–Crippen LogP) is 3.42. The van der Waals surface area contributed by atoms with Crippen molar-refractivity contribution in [3.05, 3.63) is 16.8 Å². The maximum atomic E-state index is 9.71. The Balaban J connectivity index is 1.57. The van der Waals surface area contributed by atoms with Gasteiger partial charge in [-0.05, 0) is 76.9 Å². The zero-order chi connectivity index (χ0) is 19.9. The highest BCUT2D eigenvalue weighted by Crippen LogP contribution is 2.47. The number of hydrogen-bond acceptors (Lipinski definition) is 7. The van der Waals surface area contributed by atoms with Crippen LogP contribution < -0.4 is 10.5 Å². The van der Waals surface area contributed by atoms with Crippen molar-refractivity contribution in [2.24, 2.45) is 5.73 Å². The topological polar surface area (TPSA) is 84.5 Å². The number of aliphatic hydroxyl groups excluding tert-OH is 1. The van der Waals surface area contributed by atoms with E-state index in [1.165, 1.54) is 16.9 Å². The van der Waals surface area contributed by atoms with E-state index >= 15 is 0 Å². The molecule has 0 amide bonds. The van der Waals surface area contributed by atoms with Gasteiger partial charge in [-0.3, -0.25) is 0 Å². The van der Waals surface area contributed by atoms with Gasteiger partial charge >= 0.3 is 0 Å². The Labute approximate surface area is 171 Å². The van der Waals surface area contributed by atoms with Gasteiger partial charge in [-0.1, -0.05) is 6.92 Å². The Hall–Kier alpha value is -1.28. The summed E-state index contributed by atoms with van der Waals surface area (Å²) in [5, 5.41) is 10.8. The van der Waals surface area contributed by atoms with Crippen molar-refractivity contribution < 1.29 is 9.84 Å². The molecule has 2 heterocycles. The van der Waals surface area contributed by atoms with E-state index in [4.69, 9.17) is 10.5 Å². The molecule has 154 valence electrons. The number of fused-ring (bicyclic) bond motifs is 3. The number of nitrogens with zero attached hydrogens (tertiary/aromatic N) is 3. The van der Waals surface area contributed by atoms with Crippen LogP contribution in [0.15, 0.2) is 6.33 Å². The molecule has 0 bridgehead atoms. The van der Waals surface area contributed by atoms with Crippen molar-refractivity contribution in [2.45, 2.75) is 82.1 Å². The van der Waals surface area contributed by atoms with Crippen LogP contribution in [0.4, 0.5) is 0 Å². The van der Waals surface area contributed by atoms with Crippen LogP contribution in [0.1, 0.15) is 68.2 Å². The summed E-state index contributed by atoms with van der Waals surface area (Å²) in [5.41, 5.74) is 7.25. The van der Waals surface area contributed by atoms with E-state index in [-0.39, 0.29) is 12.0 Å². The van der Waals surface area contributed by atoms with E-state index in [2.05, 4.69) is 35.9 Å². The monoisotopic (exact) mass is 404 g/mol. The van der Waals surface area contributed by atoms with Crippen molar-refractivity contribution in [3.8, 4) is 5.88 Å². The summed E-state index contributed by atoms with van der Waals surface area (Å²) in [6.07, 6.45) is 9.25. The van der Waals surface area contributed by atoms with Crippen LogP contribution >= 0.6 is 11.3 Å². The fourth-order valence-corrected chi connectivity index (χ4v) is 6.41. The highest BCUT2D eigenvalue weighted by molar-refractivity contribution is 7.19. The molecular weight excluding hydrogens is 372 g/mol. The van der Waals surface area contributed by atoms with E-state index in [1.54, 1.807) is 17.7 Å². The van der Waals surface area contributed by atoms with Crippen molar-refractivity contribution in [1.29, 1.82) is 0 Å². The van der Waals surface area contributed by atoms with Gasteiger partial charge < -0.3 is 20.5 Å². The van der Waals surface area contributed by atoms with Gasteiger partial charge in [0.25, 0.3) is 0 Å². The molecule has 0 saturated heterocycles. The average Bonchev–Trinajstić information content (AvgIpc) is 3.22. The zero-order valence-electron chi connectivity index (χ0n) is 17.1. The third-order valence-electron chi connectivity index (χ3n) is 6.97. The van der Waals surface area contributed by atoms with Crippen LogP contribution in [0.3, 0.4) is 0 Å². The second-order valence-corrected chi connectivity index (χ2v) is 9.71. The maximum Gasteiger partial charge on any atom is 0.225 e. The molecule has 3 N–H and O–H groups in total. The lowest BCUT2D eigenvalue weighted by Crippen LogP contribution is -2.48. The first kappa shape index (κ1) is 20.0. The quantitative estimate of drug-likeness (QED) is 0.718. The molecule has 6 nitrogen and oxygen atoms in total. The molecule has 7 heteroatoms. The number of hydrogen-bond donors (Lipinski definition) is 2. The van der Waals surface area contributed by atoms with E-state index in [0.29, 0.717) is 12.0 Å². The third-order valence-corrected chi connectivity index (χ3v) is 8.14. The summed E-state index contributed by atoms with van der Waals surface area (Å²) in [7, 11) is 4.39. The zero-order valence-corrected chi connectivity index (χ0v) is 18.0. The van der Waals surface area contributed by atoms with Gasteiger partial charge in [0.1, 0.15) is 23.5 Å². The van der Waals surface area contributed by atoms with E-state index in [1.807, 2.05) is 0 Å². The van der Waals surface area contributed by atoms with Crippen LogP contribution in [-0.4, -0.2) is 51.9 Å². The fourth-order valence-electron chi connectivity index (χ4n) is 5.18. The van der Waals surface area contributed by atoms with E-state index in [9.17, 15) is 5.11 Å². The minimum atomic E-state index is -0.786. The third kappa shape index (κ3) is 3.54. The number of nitrogens with two attached hydrogens (primary N) is 1. The van der Waals surface area contributed by atoms with Crippen LogP contribution in [0.5, 0.6) is 5.88 Å². The van der Waals surface area contributed by atoms with Gasteiger partial charge in [0.15, 0.2) is 0 Å². The Morgan fingerprint density at radius 2 is 2.07 bits per heavy atom.